The largest absolute Gasteiger partial charge is 0.326 e. The standard InChI is InChI=1S/C20H25FN2O3S/c1-14-12-15(2)20(16(3)13-14)22-19(24)6-5-11-23(4)27(25,26)18-9-7-17(21)8-10-18/h7-10,12-13H,5-6,11H2,1-4H3,(H,22,24). The van der Waals surface area contributed by atoms with E-state index in [0.717, 1.165) is 34.5 Å². The van der Waals surface area contributed by atoms with Crippen molar-refractivity contribution in [3.05, 3.63) is 58.9 Å². The first-order valence-corrected chi connectivity index (χ1v) is 10.1. The van der Waals surface area contributed by atoms with Crippen LogP contribution in [-0.4, -0.2) is 32.2 Å². The molecule has 0 bridgehead atoms. The average Bonchev–Trinajstić information content (AvgIpc) is 2.58. The fraction of sp³-hybridized carbons (Fsp3) is 0.350. The third-order valence-electron chi connectivity index (χ3n) is 4.34. The summed E-state index contributed by atoms with van der Waals surface area (Å²) in [5.41, 5.74) is 3.93. The van der Waals surface area contributed by atoms with Gasteiger partial charge in [0.15, 0.2) is 0 Å². The van der Waals surface area contributed by atoms with Crippen LogP contribution in [0.25, 0.3) is 0 Å². The number of sulfonamides is 1. The highest BCUT2D eigenvalue weighted by atomic mass is 32.2. The second-order valence-corrected chi connectivity index (χ2v) is 8.75. The van der Waals surface area contributed by atoms with Crippen LogP contribution in [0.1, 0.15) is 29.5 Å². The predicted molar refractivity (Wildman–Crippen MR) is 105 cm³/mol. The number of halogens is 1. The Morgan fingerprint density at radius 1 is 1.07 bits per heavy atom. The third kappa shape index (κ3) is 5.37. The first-order valence-electron chi connectivity index (χ1n) is 8.71. The second kappa shape index (κ2) is 8.63. The van der Waals surface area contributed by atoms with Crippen molar-refractivity contribution in [2.45, 2.75) is 38.5 Å². The van der Waals surface area contributed by atoms with Crippen LogP contribution in [0.5, 0.6) is 0 Å². The van der Waals surface area contributed by atoms with Gasteiger partial charge in [0.05, 0.1) is 4.90 Å². The molecule has 1 amide bonds. The first kappa shape index (κ1) is 21.1. The van der Waals surface area contributed by atoms with Crippen molar-refractivity contribution in [3.8, 4) is 0 Å². The molecule has 27 heavy (non-hydrogen) atoms. The van der Waals surface area contributed by atoms with Crippen molar-refractivity contribution in [1.82, 2.24) is 4.31 Å². The van der Waals surface area contributed by atoms with Gasteiger partial charge in [-0.25, -0.2) is 17.1 Å². The van der Waals surface area contributed by atoms with E-state index >= 15 is 0 Å². The molecule has 2 aromatic carbocycles. The number of aryl methyl sites for hydroxylation is 3. The number of carbonyl (C=O) groups excluding carboxylic acids is 1. The van der Waals surface area contributed by atoms with Gasteiger partial charge in [0.2, 0.25) is 15.9 Å². The molecule has 0 heterocycles. The summed E-state index contributed by atoms with van der Waals surface area (Å²) in [5.74, 6) is -0.646. The number of nitrogens with one attached hydrogen (secondary N) is 1. The Balaban J connectivity index is 1.92. The van der Waals surface area contributed by atoms with Crippen LogP contribution >= 0.6 is 0 Å². The van der Waals surface area contributed by atoms with E-state index in [4.69, 9.17) is 0 Å². The van der Waals surface area contributed by atoms with Gasteiger partial charge in [0, 0.05) is 25.7 Å². The van der Waals surface area contributed by atoms with Gasteiger partial charge in [-0.2, -0.15) is 0 Å². The van der Waals surface area contributed by atoms with Gasteiger partial charge < -0.3 is 5.32 Å². The van der Waals surface area contributed by atoms with E-state index in [9.17, 15) is 17.6 Å². The van der Waals surface area contributed by atoms with Crippen LogP contribution in [0.4, 0.5) is 10.1 Å². The fourth-order valence-electron chi connectivity index (χ4n) is 2.95. The average molecular weight is 392 g/mol. The molecule has 0 atom stereocenters. The third-order valence-corrected chi connectivity index (χ3v) is 6.21. The highest BCUT2D eigenvalue weighted by Gasteiger charge is 2.20. The molecule has 0 fully saturated rings. The first-order chi connectivity index (χ1) is 12.6. The number of anilines is 1. The van der Waals surface area contributed by atoms with Crippen molar-refractivity contribution in [2.24, 2.45) is 0 Å². The lowest BCUT2D eigenvalue weighted by molar-refractivity contribution is -0.116. The fourth-order valence-corrected chi connectivity index (χ4v) is 4.16. The zero-order valence-electron chi connectivity index (χ0n) is 16.0. The molecule has 0 saturated heterocycles. The Morgan fingerprint density at radius 2 is 1.63 bits per heavy atom. The Morgan fingerprint density at radius 3 is 2.19 bits per heavy atom. The van der Waals surface area contributed by atoms with E-state index in [-0.39, 0.29) is 23.8 Å². The molecule has 0 aliphatic carbocycles. The topological polar surface area (TPSA) is 66.5 Å². The minimum absolute atomic E-state index is 0.0294. The summed E-state index contributed by atoms with van der Waals surface area (Å²) in [7, 11) is -2.25. The molecule has 0 unspecified atom stereocenters. The molecule has 7 heteroatoms. The normalized spacial score (nSPS) is 11.6. The lowest BCUT2D eigenvalue weighted by Crippen LogP contribution is -2.28. The molecule has 0 aliphatic rings. The smallest absolute Gasteiger partial charge is 0.242 e. The van der Waals surface area contributed by atoms with Gasteiger partial charge in [-0.3, -0.25) is 4.79 Å². The van der Waals surface area contributed by atoms with Gasteiger partial charge in [-0.05, 0) is 62.6 Å². The molecule has 1 N–H and O–H groups in total. The van der Waals surface area contributed by atoms with Crippen LogP contribution in [0.2, 0.25) is 0 Å². The van der Waals surface area contributed by atoms with Crippen molar-refractivity contribution >= 4 is 21.6 Å². The summed E-state index contributed by atoms with van der Waals surface area (Å²) in [6, 6.07) is 8.70. The van der Waals surface area contributed by atoms with E-state index in [1.165, 1.54) is 23.5 Å². The second-order valence-electron chi connectivity index (χ2n) is 6.71. The van der Waals surface area contributed by atoms with E-state index in [2.05, 4.69) is 5.32 Å². The maximum Gasteiger partial charge on any atom is 0.242 e. The molecule has 0 spiro atoms. The van der Waals surface area contributed by atoms with E-state index in [1.54, 1.807) is 0 Å². The van der Waals surface area contributed by atoms with E-state index < -0.39 is 15.8 Å². The van der Waals surface area contributed by atoms with Crippen LogP contribution in [-0.2, 0) is 14.8 Å². The number of rotatable bonds is 7. The van der Waals surface area contributed by atoms with Crippen LogP contribution in [0.3, 0.4) is 0 Å². The highest BCUT2D eigenvalue weighted by molar-refractivity contribution is 7.89. The maximum absolute atomic E-state index is 13.0. The zero-order chi connectivity index (χ0) is 20.2. The van der Waals surface area contributed by atoms with E-state index in [1.807, 2.05) is 32.9 Å². The number of benzene rings is 2. The number of carbonyl (C=O) groups is 1. The van der Waals surface area contributed by atoms with Gasteiger partial charge >= 0.3 is 0 Å². The monoisotopic (exact) mass is 392 g/mol. The SMILES string of the molecule is Cc1cc(C)c(NC(=O)CCCN(C)S(=O)(=O)c2ccc(F)cc2)c(C)c1. The number of nitrogens with zero attached hydrogens (tertiary/aromatic N) is 1. The van der Waals surface area contributed by atoms with Crippen molar-refractivity contribution < 1.29 is 17.6 Å². The molecule has 5 nitrogen and oxygen atoms in total. The van der Waals surface area contributed by atoms with Gasteiger partial charge in [0.25, 0.3) is 0 Å². The summed E-state index contributed by atoms with van der Waals surface area (Å²) >= 11 is 0. The zero-order valence-corrected chi connectivity index (χ0v) is 16.9. The molecule has 0 radical (unpaired) electrons. The summed E-state index contributed by atoms with van der Waals surface area (Å²) < 4.78 is 39.0. The Labute approximate surface area is 160 Å². The maximum atomic E-state index is 13.0. The van der Waals surface area contributed by atoms with Gasteiger partial charge in [-0.1, -0.05) is 17.7 Å². The summed E-state index contributed by atoms with van der Waals surface area (Å²) in [6.07, 6.45) is 0.586. The Kier molecular flexibility index (Phi) is 6.73. The van der Waals surface area contributed by atoms with E-state index in [0.29, 0.717) is 6.42 Å². The van der Waals surface area contributed by atoms with Crippen LogP contribution < -0.4 is 5.32 Å². The number of hydrogen-bond acceptors (Lipinski definition) is 3. The number of amides is 1. The summed E-state index contributed by atoms with van der Waals surface area (Å²) in [6.45, 7) is 6.08. The molecule has 0 aromatic heterocycles. The van der Waals surface area contributed by atoms with Crippen molar-refractivity contribution in [3.63, 3.8) is 0 Å². The van der Waals surface area contributed by atoms with Crippen LogP contribution in [0, 0.1) is 26.6 Å². The molecule has 146 valence electrons. The van der Waals surface area contributed by atoms with Crippen molar-refractivity contribution in [1.29, 1.82) is 0 Å². The van der Waals surface area contributed by atoms with Crippen molar-refractivity contribution in [2.75, 3.05) is 18.9 Å². The Bertz CT molecular complexity index is 902. The Hall–Kier alpha value is -2.25. The summed E-state index contributed by atoms with van der Waals surface area (Å²) in [4.78, 5) is 12.2. The lowest BCUT2D eigenvalue weighted by Gasteiger charge is -2.17. The summed E-state index contributed by atoms with van der Waals surface area (Å²) in [5, 5.41) is 2.91. The van der Waals surface area contributed by atoms with Crippen LogP contribution in [0.15, 0.2) is 41.3 Å². The quantitative estimate of drug-likeness (QED) is 0.780. The highest BCUT2D eigenvalue weighted by Crippen LogP contribution is 2.22. The molecular formula is C20H25FN2O3S. The number of hydrogen-bond donors (Lipinski definition) is 1. The molecule has 0 saturated carbocycles. The minimum atomic E-state index is -3.70. The molecule has 2 aromatic rings. The molecular weight excluding hydrogens is 367 g/mol. The van der Waals surface area contributed by atoms with Gasteiger partial charge in [0.1, 0.15) is 5.82 Å². The predicted octanol–water partition coefficient (Wildman–Crippen LogP) is 3.79. The minimum Gasteiger partial charge on any atom is -0.326 e. The molecule has 0 aliphatic heterocycles. The lowest BCUT2D eigenvalue weighted by atomic mass is 10.0. The molecule has 2 rings (SSSR count). The van der Waals surface area contributed by atoms with Gasteiger partial charge in [-0.15, -0.1) is 0 Å².